The van der Waals surface area contributed by atoms with Gasteiger partial charge in [0.15, 0.2) is 0 Å². The zero-order chi connectivity index (χ0) is 22.4. The van der Waals surface area contributed by atoms with E-state index in [-0.39, 0.29) is 52.5 Å². The Labute approximate surface area is 210 Å². The number of aromatic hydroxyl groups is 1. The van der Waals surface area contributed by atoms with Crippen LogP contribution in [-0.4, -0.2) is 65.0 Å². The predicted molar refractivity (Wildman–Crippen MR) is 122 cm³/mol. The molecular formula is C23H29FNNaO5S. The summed E-state index contributed by atoms with van der Waals surface area (Å²) in [7, 11) is -3.83. The minimum atomic E-state index is -3.83. The second-order valence-corrected chi connectivity index (χ2v) is 9.90. The van der Waals surface area contributed by atoms with Gasteiger partial charge in [-0.25, -0.2) is 12.8 Å². The van der Waals surface area contributed by atoms with Crippen LogP contribution in [0.25, 0.3) is 0 Å². The molecule has 1 aliphatic heterocycles. The van der Waals surface area contributed by atoms with Crippen molar-refractivity contribution in [1.29, 1.82) is 0 Å². The van der Waals surface area contributed by atoms with Crippen molar-refractivity contribution in [3.05, 3.63) is 59.9 Å². The minimum absolute atomic E-state index is 0. The molecule has 1 heterocycles. The number of aliphatic carboxylic acids is 1. The molecule has 0 aromatic heterocycles. The van der Waals surface area contributed by atoms with Crippen LogP contribution < -0.4 is 0 Å². The zero-order valence-corrected chi connectivity index (χ0v) is 18.1. The molecule has 0 spiro atoms. The van der Waals surface area contributed by atoms with Crippen LogP contribution in [0.4, 0.5) is 4.39 Å². The number of carboxylic acids is 1. The average molecular weight is 474 g/mol. The number of phenolic OH excluding ortho intramolecular Hbond substituents is 1. The van der Waals surface area contributed by atoms with Gasteiger partial charge in [0.05, 0.1) is 10.9 Å². The van der Waals surface area contributed by atoms with Gasteiger partial charge < -0.3 is 10.2 Å². The molecule has 1 aliphatic rings. The Morgan fingerprint density at radius 1 is 1.06 bits per heavy atom. The van der Waals surface area contributed by atoms with Gasteiger partial charge in [0.1, 0.15) is 11.6 Å². The van der Waals surface area contributed by atoms with Crippen LogP contribution in [0.3, 0.4) is 0 Å². The molecule has 9 heteroatoms. The maximum absolute atomic E-state index is 13.3. The number of hydrogen-bond donors (Lipinski definition) is 2. The molecule has 0 saturated carbocycles. The molecular weight excluding hydrogens is 444 g/mol. The van der Waals surface area contributed by atoms with Crippen LogP contribution in [0.2, 0.25) is 0 Å². The van der Waals surface area contributed by atoms with Gasteiger partial charge in [-0.05, 0) is 67.1 Å². The topological polar surface area (TPSA) is 94.9 Å². The summed E-state index contributed by atoms with van der Waals surface area (Å²) in [4.78, 5) is 10.7. The Morgan fingerprint density at radius 3 is 2.41 bits per heavy atom. The first-order valence-corrected chi connectivity index (χ1v) is 12.0. The number of nitrogens with zero attached hydrogens (tertiary/aromatic N) is 1. The van der Waals surface area contributed by atoms with E-state index in [9.17, 15) is 22.7 Å². The number of benzene rings is 2. The number of carbonyl (C=O) groups is 1. The molecule has 2 atom stereocenters. The van der Waals surface area contributed by atoms with Gasteiger partial charge in [-0.15, -0.1) is 0 Å². The summed E-state index contributed by atoms with van der Waals surface area (Å²) in [5.41, 5.74) is 0.735. The van der Waals surface area contributed by atoms with Gasteiger partial charge in [0.25, 0.3) is 0 Å². The number of carboxylic acid groups (broad SMARTS) is 1. The summed E-state index contributed by atoms with van der Waals surface area (Å²) < 4.78 is 41.4. The summed E-state index contributed by atoms with van der Waals surface area (Å²) in [5, 5.41) is 18.7. The molecule has 32 heavy (non-hydrogen) atoms. The number of unbranched alkanes of at least 4 members (excludes halogenated alkanes) is 3. The average Bonchev–Trinajstić information content (AvgIpc) is 3.15. The van der Waals surface area contributed by atoms with E-state index in [1.807, 2.05) is 6.07 Å². The quantitative estimate of drug-likeness (QED) is 0.401. The van der Waals surface area contributed by atoms with E-state index in [1.165, 1.54) is 16.4 Å². The Hall–Kier alpha value is -1.45. The number of rotatable bonds is 10. The normalized spacial score (nSPS) is 18.9. The van der Waals surface area contributed by atoms with Crippen LogP contribution in [0.5, 0.6) is 5.75 Å². The monoisotopic (exact) mass is 473 g/mol. The summed E-state index contributed by atoms with van der Waals surface area (Å²) >= 11 is 0. The van der Waals surface area contributed by atoms with Gasteiger partial charge in [-0.2, -0.15) is 4.31 Å². The first kappa shape index (κ1) is 26.8. The van der Waals surface area contributed by atoms with E-state index in [0.717, 1.165) is 43.4 Å². The molecule has 0 aliphatic carbocycles. The fourth-order valence-corrected chi connectivity index (χ4v) is 6.01. The maximum atomic E-state index is 13.3. The zero-order valence-electron chi connectivity index (χ0n) is 17.3. The summed E-state index contributed by atoms with van der Waals surface area (Å²) in [6.45, 7) is 0.351. The summed E-state index contributed by atoms with van der Waals surface area (Å²) in [6.07, 6.45) is 4.90. The van der Waals surface area contributed by atoms with Crippen LogP contribution in [0.15, 0.2) is 53.4 Å². The van der Waals surface area contributed by atoms with Gasteiger partial charge in [0.2, 0.25) is 10.0 Å². The van der Waals surface area contributed by atoms with Crippen molar-refractivity contribution < 1.29 is 27.8 Å². The van der Waals surface area contributed by atoms with E-state index < -0.39 is 27.9 Å². The second-order valence-electron chi connectivity index (χ2n) is 8.00. The molecule has 2 aromatic carbocycles. The molecule has 2 aromatic rings. The first-order valence-electron chi connectivity index (χ1n) is 10.6. The molecule has 1 saturated heterocycles. The van der Waals surface area contributed by atoms with Crippen molar-refractivity contribution >= 4 is 45.5 Å². The second kappa shape index (κ2) is 12.1. The van der Waals surface area contributed by atoms with Crippen LogP contribution in [0.1, 0.15) is 56.6 Å². The molecule has 3 rings (SSSR count). The Kier molecular flexibility index (Phi) is 10.2. The molecule has 170 valence electrons. The van der Waals surface area contributed by atoms with Crippen molar-refractivity contribution in [1.82, 2.24) is 4.31 Å². The molecule has 0 unspecified atom stereocenters. The fraction of sp³-hybridized carbons (Fsp3) is 0.435. The number of phenols is 1. The molecule has 0 radical (unpaired) electrons. The van der Waals surface area contributed by atoms with E-state index in [4.69, 9.17) is 5.11 Å². The Balaban J connectivity index is 0.00000363. The number of hydrogen-bond acceptors (Lipinski definition) is 4. The van der Waals surface area contributed by atoms with Crippen molar-refractivity contribution in [3.8, 4) is 5.75 Å². The van der Waals surface area contributed by atoms with Gasteiger partial charge in [-0.1, -0.05) is 31.4 Å². The third-order valence-corrected chi connectivity index (χ3v) is 7.72. The fourth-order valence-electron chi connectivity index (χ4n) is 4.32. The van der Waals surface area contributed by atoms with Crippen molar-refractivity contribution in [3.63, 3.8) is 0 Å². The van der Waals surface area contributed by atoms with Gasteiger partial charge in [-0.3, -0.25) is 4.79 Å². The van der Waals surface area contributed by atoms with Crippen molar-refractivity contribution in [2.45, 2.75) is 55.9 Å². The molecule has 2 N–H and O–H groups in total. The molecule has 6 nitrogen and oxygen atoms in total. The summed E-state index contributed by atoms with van der Waals surface area (Å²) in [6, 6.07) is 11.1. The van der Waals surface area contributed by atoms with Crippen LogP contribution in [-0.2, 0) is 14.8 Å². The van der Waals surface area contributed by atoms with Crippen molar-refractivity contribution in [2.75, 3.05) is 6.54 Å². The summed E-state index contributed by atoms with van der Waals surface area (Å²) in [5.74, 6) is -1.13. The Bertz CT molecular complexity index is 1000. The van der Waals surface area contributed by atoms with E-state index in [1.54, 1.807) is 18.2 Å². The van der Waals surface area contributed by atoms with Crippen molar-refractivity contribution in [2.24, 2.45) is 5.92 Å². The van der Waals surface area contributed by atoms with E-state index >= 15 is 0 Å². The molecule has 1 fully saturated rings. The molecule has 0 amide bonds. The third kappa shape index (κ3) is 6.78. The van der Waals surface area contributed by atoms with E-state index in [0.29, 0.717) is 19.4 Å². The SMILES string of the molecule is O=C(O)CCCCCC[C@@H]1CCN(S(=O)(=O)c2ccc(F)cc2)[C@@H]1c1cccc(O)c1.[NaH]. The van der Waals surface area contributed by atoms with Gasteiger partial charge in [0, 0.05) is 13.0 Å². The molecule has 0 bridgehead atoms. The Morgan fingerprint density at radius 2 is 1.75 bits per heavy atom. The van der Waals surface area contributed by atoms with Gasteiger partial charge >= 0.3 is 35.5 Å². The van der Waals surface area contributed by atoms with Crippen LogP contribution in [0, 0.1) is 11.7 Å². The standard InChI is InChI=1S/C23H28FNO5S.Na.H/c24-19-10-12-21(13-11-19)31(29,30)25-15-14-17(6-3-1-2-4-9-22(27)28)23(25)18-7-5-8-20(26)16-18;;/h5,7-8,10-13,16-17,23,26H,1-4,6,9,14-15H2,(H,27,28);;/t17-,23+;;/m1../s1. The number of sulfonamides is 1. The van der Waals surface area contributed by atoms with E-state index in [2.05, 4.69) is 0 Å². The number of halogens is 1. The first-order chi connectivity index (χ1) is 14.8. The third-order valence-electron chi connectivity index (χ3n) is 5.82. The van der Waals surface area contributed by atoms with Crippen LogP contribution >= 0.6 is 0 Å². The predicted octanol–water partition coefficient (Wildman–Crippen LogP) is 4.06.